The zero-order valence-corrected chi connectivity index (χ0v) is 18.3. The SMILES string of the molecule is COc1ccc2cc(-c3nc(-c4ccc(F)cc4)c(C4C(=O)Nc5ccccc54)[nH]3)ccc2c1. The Morgan fingerprint density at radius 3 is 2.44 bits per heavy atom. The van der Waals surface area contributed by atoms with Gasteiger partial charge in [0.05, 0.1) is 18.5 Å². The smallest absolute Gasteiger partial charge is 0.238 e. The van der Waals surface area contributed by atoms with Gasteiger partial charge in [-0.1, -0.05) is 36.4 Å². The Labute approximate surface area is 195 Å². The molecule has 0 bridgehead atoms. The van der Waals surface area contributed by atoms with E-state index in [4.69, 9.17) is 9.72 Å². The van der Waals surface area contributed by atoms with Gasteiger partial charge in [0.25, 0.3) is 0 Å². The molecule has 6 rings (SSSR count). The number of aromatic nitrogens is 2. The van der Waals surface area contributed by atoms with E-state index in [1.54, 1.807) is 19.2 Å². The lowest BCUT2D eigenvalue weighted by Gasteiger charge is -2.09. The molecular weight excluding hydrogens is 429 g/mol. The van der Waals surface area contributed by atoms with Gasteiger partial charge in [-0.2, -0.15) is 0 Å². The molecule has 0 saturated heterocycles. The van der Waals surface area contributed by atoms with Gasteiger partial charge in [0.2, 0.25) is 5.91 Å². The number of benzene rings is 4. The number of imidazole rings is 1. The normalized spacial score (nSPS) is 14.8. The monoisotopic (exact) mass is 449 g/mol. The summed E-state index contributed by atoms with van der Waals surface area (Å²) < 4.78 is 19.0. The van der Waals surface area contributed by atoms with Crippen LogP contribution in [0.2, 0.25) is 0 Å². The van der Waals surface area contributed by atoms with Crippen molar-refractivity contribution in [3.8, 4) is 28.4 Å². The average molecular weight is 449 g/mol. The van der Waals surface area contributed by atoms with Crippen molar-refractivity contribution in [2.45, 2.75) is 5.92 Å². The number of hydrogen-bond donors (Lipinski definition) is 2. The molecule has 5 nitrogen and oxygen atoms in total. The molecule has 2 heterocycles. The Kier molecular flexibility index (Phi) is 4.66. The van der Waals surface area contributed by atoms with Crippen LogP contribution < -0.4 is 10.1 Å². The van der Waals surface area contributed by atoms with Crippen molar-refractivity contribution in [3.05, 3.63) is 102 Å². The zero-order chi connectivity index (χ0) is 23.2. The van der Waals surface area contributed by atoms with Gasteiger partial charge in [-0.05, 0) is 64.9 Å². The number of methoxy groups -OCH3 is 1. The van der Waals surface area contributed by atoms with Crippen LogP contribution in [0.15, 0.2) is 84.9 Å². The van der Waals surface area contributed by atoms with E-state index in [0.717, 1.165) is 38.9 Å². The molecule has 0 aliphatic carbocycles. The molecule has 0 saturated carbocycles. The Morgan fingerprint density at radius 1 is 0.882 bits per heavy atom. The van der Waals surface area contributed by atoms with E-state index in [2.05, 4.69) is 16.4 Å². The minimum absolute atomic E-state index is 0.120. The maximum Gasteiger partial charge on any atom is 0.238 e. The molecule has 6 heteroatoms. The lowest BCUT2D eigenvalue weighted by molar-refractivity contribution is -0.116. The highest BCUT2D eigenvalue weighted by Crippen LogP contribution is 2.41. The first-order chi connectivity index (χ1) is 16.6. The van der Waals surface area contributed by atoms with E-state index in [-0.39, 0.29) is 11.7 Å². The van der Waals surface area contributed by atoms with Crippen LogP contribution in [-0.2, 0) is 4.79 Å². The van der Waals surface area contributed by atoms with Crippen LogP contribution in [-0.4, -0.2) is 23.0 Å². The topological polar surface area (TPSA) is 67.0 Å². The van der Waals surface area contributed by atoms with E-state index in [1.807, 2.05) is 54.6 Å². The van der Waals surface area contributed by atoms with Crippen molar-refractivity contribution < 1.29 is 13.9 Å². The minimum atomic E-state index is -0.540. The van der Waals surface area contributed by atoms with Gasteiger partial charge in [0, 0.05) is 16.8 Å². The van der Waals surface area contributed by atoms with Gasteiger partial charge in [0.15, 0.2) is 0 Å². The maximum atomic E-state index is 13.6. The van der Waals surface area contributed by atoms with Crippen molar-refractivity contribution >= 4 is 22.4 Å². The minimum Gasteiger partial charge on any atom is -0.497 e. The van der Waals surface area contributed by atoms with E-state index < -0.39 is 5.92 Å². The summed E-state index contributed by atoms with van der Waals surface area (Å²) in [6.07, 6.45) is 0. The van der Waals surface area contributed by atoms with Gasteiger partial charge in [-0.25, -0.2) is 9.37 Å². The summed E-state index contributed by atoms with van der Waals surface area (Å²) in [5, 5.41) is 5.06. The molecule has 4 aromatic carbocycles. The van der Waals surface area contributed by atoms with E-state index in [1.165, 1.54) is 12.1 Å². The van der Waals surface area contributed by atoms with E-state index in [0.29, 0.717) is 17.2 Å². The van der Waals surface area contributed by atoms with Crippen LogP contribution in [0.25, 0.3) is 33.4 Å². The number of rotatable bonds is 4. The summed E-state index contributed by atoms with van der Waals surface area (Å²) in [5.74, 6) is 0.455. The molecule has 1 atom stereocenters. The summed E-state index contributed by atoms with van der Waals surface area (Å²) in [6, 6.07) is 25.8. The zero-order valence-electron chi connectivity index (χ0n) is 18.3. The predicted molar refractivity (Wildman–Crippen MR) is 130 cm³/mol. The summed E-state index contributed by atoms with van der Waals surface area (Å²) in [7, 11) is 1.65. The fourth-order valence-corrected chi connectivity index (χ4v) is 4.55. The lowest BCUT2D eigenvalue weighted by atomic mass is 9.94. The summed E-state index contributed by atoms with van der Waals surface area (Å²) >= 11 is 0. The van der Waals surface area contributed by atoms with Crippen LogP contribution in [0.3, 0.4) is 0 Å². The number of nitrogens with zero attached hydrogens (tertiary/aromatic N) is 1. The van der Waals surface area contributed by atoms with Crippen LogP contribution in [0.4, 0.5) is 10.1 Å². The third kappa shape index (κ3) is 3.31. The third-order valence-corrected chi connectivity index (χ3v) is 6.25. The highest BCUT2D eigenvalue weighted by Gasteiger charge is 2.35. The summed E-state index contributed by atoms with van der Waals surface area (Å²) in [4.78, 5) is 21.3. The van der Waals surface area contributed by atoms with Gasteiger partial charge < -0.3 is 15.0 Å². The number of ether oxygens (including phenoxy) is 1. The molecule has 1 aromatic heterocycles. The van der Waals surface area contributed by atoms with Crippen LogP contribution in [0, 0.1) is 5.82 Å². The predicted octanol–water partition coefficient (Wildman–Crippen LogP) is 6.13. The molecule has 0 fully saturated rings. The first-order valence-electron chi connectivity index (χ1n) is 10.9. The molecule has 5 aromatic rings. The number of aromatic amines is 1. The Hall–Kier alpha value is -4.45. The molecule has 1 amide bonds. The van der Waals surface area contributed by atoms with Gasteiger partial charge >= 0.3 is 0 Å². The number of anilines is 1. The molecular formula is C28H20FN3O2. The number of para-hydroxylation sites is 1. The second-order valence-corrected chi connectivity index (χ2v) is 8.29. The van der Waals surface area contributed by atoms with Crippen molar-refractivity contribution in [2.75, 3.05) is 12.4 Å². The highest BCUT2D eigenvalue weighted by molar-refractivity contribution is 6.05. The summed E-state index contributed by atoms with van der Waals surface area (Å²) in [6.45, 7) is 0. The number of hydrogen-bond acceptors (Lipinski definition) is 3. The van der Waals surface area contributed by atoms with Gasteiger partial charge in [0.1, 0.15) is 23.3 Å². The number of halogens is 1. The third-order valence-electron chi connectivity index (χ3n) is 6.25. The van der Waals surface area contributed by atoms with Crippen LogP contribution >= 0.6 is 0 Å². The molecule has 166 valence electrons. The van der Waals surface area contributed by atoms with Crippen LogP contribution in [0.1, 0.15) is 17.2 Å². The fourth-order valence-electron chi connectivity index (χ4n) is 4.55. The first kappa shape index (κ1) is 20.2. The number of fused-ring (bicyclic) bond motifs is 2. The van der Waals surface area contributed by atoms with Crippen molar-refractivity contribution in [2.24, 2.45) is 0 Å². The number of H-pyrrole nitrogens is 1. The number of amides is 1. The quantitative estimate of drug-likeness (QED) is 0.347. The van der Waals surface area contributed by atoms with Crippen molar-refractivity contribution in [1.29, 1.82) is 0 Å². The van der Waals surface area contributed by atoms with Gasteiger partial charge in [-0.15, -0.1) is 0 Å². The molecule has 1 aliphatic rings. The van der Waals surface area contributed by atoms with E-state index >= 15 is 0 Å². The van der Waals surface area contributed by atoms with Gasteiger partial charge in [-0.3, -0.25) is 4.79 Å². The number of carbonyl (C=O) groups excluding carboxylic acids is 1. The maximum absolute atomic E-state index is 13.6. The Morgan fingerprint density at radius 2 is 1.62 bits per heavy atom. The molecule has 34 heavy (non-hydrogen) atoms. The van der Waals surface area contributed by atoms with Crippen molar-refractivity contribution in [3.63, 3.8) is 0 Å². The van der Waals surface area contributed by atoms with Crippen molar-refractivity contribution in [1.82, 2.24) is 9.97 Å². The number of carbonyl (C=O) groups is 1. The summed E-state index contributed by atoms with van der Waals surface area (Å²) in [5.41, 5.74) is 4.61. The molecule has 1 unspecified atom stereocenters. The first-order valence-corrected chi connectivity index (χ1v) is 10.9. The largest absolute Gasteiger partial charge is 0.497 e. The van der Waals surface area contributed by atoms with Crippen LogP contribution in [0.5, 0.6) is 5.75 Å². The molecule has 0 radical (unpaired) electrons. The van der Waals surface area contributed by atoms with E-state index in [9.17, 15) is 9.18 Å². The molecule has 0 spiro atoms. The molecule has 2 N–H and O–H groups in total. The standard InChI is InChI=1S/C28H20FN3O2/c1-34-21-13-10-17-14-19(7-6-18(17)15-21)27-31-25(16-8-11-20(29)12-9-16)26(32-27)24-22-4-2-3-5-23(22)30-28(24)33/h2-15,24H,1H3,(H,30,33)(H,31,32). The highest BCUT2D eigenvalue weighted by atomic mass is 19.1. The Balaban J connectivity index is 1.52. The second kappa shape index (κ2) is 7.85. The number of nitrogens with one attached hydrogen (secondary N) is 2. The molecule has 1 aliphatic heterocycles. The average Bonchev–Trinajstić information content (AvgIpc) is 3.44. The Bertz CT molecular complexity index is 1560. The fraction of sp³-hybridized carbons (Fsp3) is 0.0714. The lowest BCUT2D eigenvalue weighted by Crippen LogP contribution is -2.14. The second-order valence-electron chi connectivity index (χ2n) is 8.29.